The Bertz CT molecular complexity index is 316. The van der Waals surface area contributed by atoms with Crippen LogP contribution in [0.25, 0.3) is 0 Å². The summed E-state index contributed by atoms with van der Waals surface area (Å²) in [5, 5.41) is 0. The molecule has 1 aromatic carbocycles. The third-order valence-electron chi connectivity index (χ3n) is 2.19. The lowest BCUT2D eigenvalue weighted by molar-refractivity contribution is 0.180. The molecular weight excluding hydrogens is 178 g/mol. The minimum absolute atomic E-state index is 0.0341. The van der Waals surface area contributed by atoms with Gasteiger partial charge in [-0.2, -0.15) is 0 Å². The molecule has 0 saturated carbocycles. The van der Waals surface area contributed by atoms with Crippen molar-refractivity contribution in [3.05, 3.63) is 24.3 Å². The summed E-state index contributed by atoms with van der Waals surface area (Å²) >= 11 is 0. The van der Waals surface area contributed by atoms with E-state index < -0.39 is 0 Å². The van der Waals surface area contributed by atoms with Crippen LogP contribution >= 0.6 is 0 Å². The fourth-order valence-corrected chi connectivity index (χ4v) is 1.50. The first-order valence-corrected chi connectivity index (χ1v) is 4.77. The number of nitrogen functional groups attached to an aromatic ring is 1. The van der Waals surface area contributed by atoms with Crippen LogP contribution in [0.2, 0.25) is 0 Å². The van der Waals surface area contributed by atoms with Gasteiger partial charge in [-0.15, -0.1) is 0 Å². The van der Waals surface area contributed by atoms with E-state index in [4.69, 9.17) is 10.5 Å². The fraction of sp³-hybridized carbons (Fsp3) is 0.400. The molecule has 0 spiro atoms. The topological polar surface area (TPSA) is 59.3 Å². The lowest BCUT2D eigenvalue weighted by Crippen LogP contribution is -2.35. The van der Waals surface area contributed by atoms with Gasteiger partial charge in [-0.25, -0.2) is 5.43 Å². The van der Waals surface area contributed by atoms with Gasteiger partial charge in [-0.05, 0) is 19.1 Å². The molecule has 2 rings (SSSR count). The molecule has 1 aliphatic rings. The third kappa shape index (κ3) is 2.16. The van der Waals surface area contributed by atoms with Gasteiger partial charge in [0.15, 0.2) is 6.23 Å². The van der Waals surface area contributed by atoms with Crippen LogP contribution in [-0.4, -0.2) is 12.3 Å². The average Bonchev–Trinajstić information content (AvgIpc) is 2.51. The predicted octanol–water partition coefficient (Wildman–Crippen LogP) is 0.860. The van der Waals surface area contributed by atoms with Crippen molar-refractivity contribution in [2.24, 2.45) is 0 Å². The van der Waals surface area contributed by atoms with Gasteiger partial charge in [0, 0.05) is 24.2 Å². The zero-order chi connectivity index (χ0) is 9.97. The van der Waals surface area contributed by atoms with Crippen molar-refractivity contribution in [2.45, 2.75) is 25.6 Å². The standard InChI is InChI=1S/C10H15N3O/c1-7-5-10(13-12-7)14-9-4-2-3-8(11)6-9/h2-4,6-7,10,12-13H,5,11H2,1H3. The van der Waals surface area contributed by atoms with Gasteiger partial charge in [-0.3, -0.25) is 5.43 Å². The number of benzene rings is 1. The van der Waals surface area contributed by atoms with E-state index in [0.29, 0.717) is 6.04 Å². The first-order valence-electron chi connectivity index (χ1n) is 4.77. The predicted molar refractivity (Wildman–Crippen MR) is 55.6 cm³/mol. The Balaban J connectivity index is 1.97. The van der Waals surface area contributed by atoms with Gasteiger partial charge in [0.25, 0.3) is 0 Å². The van der Waals surface area contributed by atoms with E-state index in [2.05, 4.69) is 17.8 Å². The van der Waals surface area contributed by atoms with Crippen molar-refractivity contribution in [3.8, 4) is 5.75 Å². The van der Waals surface area contributed by atoms with Crippen molar-refractivity contribution in [2.75, 3.05) is 5.73 Å². The molecule has 1 fully saturated rings. The second-order valence-electron chi connectivity index (χ2n) is 3.60. The van der Waals surface area contributed by atoms with Gasteiger partial charge >= 0.3 is 0 Å². The number of ether oxygens (including phenoxy) is 1. The van der Waals surface area contributed by atoms with E-state index in [1.54, 1.807) is 0 Å². The number of hydrazine groups is 1. The van der Waals surface area contributed by atoms with E-state index in [-0.39, 0.29) is 6.23 Å². The molecule has 4 heteroatoms. The van der Waals surface area contributed by atoms with Crippen LogP contribution in [-0.2, 0) is 0 Å². The summed E-state index contributed by atoms with van der Waals surface area (Å²) in [6, 6.07) is 7.90. The number of nitrogens with two attached hydrogens (primary N) is 1. The quantitative estimate of drug-likeness (QED) is 0.610. The Morgan fingerprint density at radius 1 is 1.43 bits per heavy atom. The summed E-state index contributed by atoms with van der Waals surface area (Å²) in [5.74, 6) is 0.804. The van der Waals surface area contributed by atoms with Crippen LogP contribution in [0.4, 0.5) is 5.69 Å². The molecule has 4 N–H and O–H groups in total. The molecule has 0 aromatic heterocycles. The fourth-order valence-electron chi connectivity index (χ4n) is 1.50. The molecule has 1 heterocycles. The lowest BCUT2D eigenvalue weighted by atomic mass is 10.2. The number of rotatable bonds is 2. The van der Waals surface area contributed by atoms with Gasteiger partial charge < -0.3 is 10.5 Å². The summed E-state index contributed by atoms with van der Waals surface area (Å²) in [5.41, 5.74) is 12.5. The second kappa shape index (κ2) is 3.86. The zero-order valence-corrected chi connectivity index (χ0v) is 8.16. The van der Waals surface area contributed by atoms with Crippen LogP contribution in [0.3, 0.4) is 0 Å². The Morgan fingerprint density at radius 3 is 2.93 bits per heavy atom. The van der Waals surface area contributed by atoms with E-state index in [0.717, 1.165) is 17.9 Å². The van der Waals surface area contributed by atoms with Gasteiger partial charge in [0.1, 0.15) is 5.75 Å². The molecule has 1 aromatic rings. The smallest absolute Gasteiger partial charge is 0.163 e. The first kappa shape index (κ1) is 9.30. The highest BCUT2D eigenvalue weighted by Gasteiger charge is 2.21. The number of hydrogen-bond acceptors (Lipinski definition) is 4. The van der Waals surface area contributed by atoms with Crippen molar-refractivity contribution >= 4 is 5.69 Å². The number of anilines is 1. The molecule has 0 aliphatic carbocycles. The van der Waals surface area contributed by atoms with Crippen molar-refractivity contribution in [1.29, 1.82) is 0 Å². The van der Waals surface area contributed by atoms with Gasteiger partial charge in [0.05, 0.1) is 0 Å². The van der Waals surface area contributed by atoms with Crippen LogP contribution in [0.1, 0.15) is 13.3 Å². The number of nitrogens with one attached hydrogen (secondary N) is 2. The lowest BCUT2D eigenvalue weighted by Gasteiger charge is -2.12. The highest BCUT2D eigenvalue weighted by atomic mass is 16.5. The Morgan fingerprint density at radius 2 is 2.29 bits per heavy atom. The minimum Gasteiger partial charge on any atom is -0.474 e. The molecule has 4 nitrogen and oxygen atoms in total. The summed E-state index contributed by atoms with van der Waals surface area (Å²) in [4.78, 5) is 0. The monoisotopic (exact) mass is 193 g/mol. The molecule has 76 valence electrons. The molecule has 0 amide bonds. The van der Waals surface area contributed by atoms with Crippen molar-refractivity contribution in [1.82, 2.24) is 10.9 Å². The molecule has 2 atom stereocenters. The summed E-state index contributed by atoms with van der Waals surface area (Å²) in [7, 11) is 0. The van der Waals surface area contributed by atoms with Gasteiger partial charge in [0.2, 0.25) is 0 Å². The van der Waals surface area contributed by atoms with E-state index in [1.807, 2.05) is 24.3 Å². The van der Waals surface area contributed by atoms with Crippen molar-refractivity contribution in [3.63, 3.8) is 0 Å². The molecule has 14 heavy (non-hydrogen) atoms. The van der Waals surface area contributed by atoms with E-state index >= 15 is 0 Å². The Kier molecular flexibility index (Phi) is 2.56. The van der Waals surface area contributed by atoms with Gasteiger partial charge in [-0.1, -0.05) is 6.07 Å². The van der Waals surface area contributed by atoms with Crippen LogP contribution in [0.15, 0.2) is 24.3 Å². The summed E-state index contributed by atoms with van der Waals surface area (Å²) in [6.45, 7) is 2.11. The molecular formula is C10H15N3O. The van der Waals surface area contributed by atoms with Crippen LogP contribution < -0.4 is 21.3 Å². The number of hydrogen-bond donors (Lipinski definition) is 3. The molecule has 1 aliphatic heterocycles. The maximum Gasteiger partial charge on any atom is 0.163 e. The van der Waals surface area contributed by atoms with Crippen LogP contribution in [0.5, 0.6) is 5.75 Å². The molecule has 0 radical (unpaired) electrons. The maximum atomic E-state index is 5.67. The SMILES string of the molecule is CC1CC(Oc2cccc(N)c2)NN1. The summed E-state index contributed by atoms with van der Waals surface area (Å²) < 4.78 is 5.67. The zero-order valence-electron chi connectivity index (χ0n) is 8.16. The molecule has 1 saturated heterocycles. The van der Waals surface area contributed by atoms with E-state index in [1.165, 1.54) is 0 Å². The Hall–Kier alpha value is -1.26. The highest BCUT2D eigenvalue weighted by molar-refractivity contribution is 5.43. The summed E-state index contributed by atoms with van der Waals surface area (Å²) in [6.07, 6.45) is 0.987. The normalized spacial score (nSPS) is 26.4. The van der Waals surface area contributed by atoms with Crippen molar-refractivity contribution < 1.29 is 4.74 Å². The average molecular weight is 193 g/mol. The molecule has 2 unspecified atom stereocenters. The second-order valence-corrected chi connectivity index (χ2v) is 3.60. The largest absolute Gasteiger partial charge is 0.474 e. The Labute approximate surface area is 83.4 Å². The third-order valence-corrected chi connectivity index (χ3v) is 2.19. The van der Waals surface area contributed by atoms with Crippen LogP contribution in [0, 0.1) is 0 Å². The minimum atomic E-state index is 0.0341. The first-order chi connectivity index (χ1) is 6.74. The highest BCUT2D eigenvalue weighted by Crippen LogP contribution is 2.17. The van der Waals surface area contributed by atoms with E-state index in [9.17, 15) is 0 Å². The maximum absolute atomic E-state index is 5.67. The molecule has 0 bridgehead atoms.